The highest BCUT2D eigenvalue weighted by Gasteiger charge is 2.21. The Morgan fingerprint density at radius 2 is 2.21 bits per heavy atom. The SMILES string of the molecule is Clc1ccc(Br)c(NC2CCCc3cccnc32)c1. The molecule has 2 nitrogen and oxygen atoms in total. The highest BCUT2D eigenvalue weighted by Crippen LogP contribution is 2.34. The molecule has 3 rings (SSSR count). The molecule has 1 N–H and O–H groups in total. The van der Waals surface area contributed by atoms with Gasteiger partial charge in [0.25, 0.3) is 0 Å². The predicted octanol–water partition coefficient (Wildman–Crippen LogP) is 4.99. The molecule has 1 aromatic heterocycles. The van der Waals surface area contributed by atoms with Crippen LogP contribution < -0.4 is 5.32 Å². The minimum Gasteiger partial charge on any atom is -0.376 e. The Labute approximate surface area is 126 Å². The second-order valence-corrected chi connectivity index (χ2v) is 6.05. The lowest BCUT2D eigenvalue weighted by molar-refractivity contribution is 0.583. The molecular weight excluding hydrogens is 324 g/mol. The first kappa shape index (κ1) is 12.9. The Bertz CT molecular complexity index is 600. The monoisotopic (exact) mass is 336 g/mol. The molecule has 1 unspecified atom stereocenters. The van der Waals surface area contributed by atoms with Gasteiger partial charge in [0.05, 0.1) is 17.4 Å². The van der Waals surface area contributed by atoms with Crippen molar-refractivity contribution in [2.75, 3.05) is 5.32 Å². The topological polar surface area (TPSA) is 24.9 Å². The molecule has 1 aliphatic carbocycles. The van der Waals surface area contributed by atoms with E-state index >= 15 is 0 Å². The molecular formula is C15H14BrClN2. The van der Waals surface area contributed by atoms with Crippen molar-refractivity contribution in [3.05, 3.63) is 57.3 Å². The second kappa shape index (κ2) is 5.51. The standard InChI is InChI=1S/C15H14BrClN2/c16-12-7-6-11(17)9-14(12)19-13-5-1-3-10-4-2-8-18-15(10)13/h2,4,6-9,13,19H,1,3,5H2. The minimum atomic E-state index is 0.264. The van der Waals surface area contributed by atoms with E-state index in [1.807, 2.05) is 30.5 Å². The van der Waals surface area contributed by atoms with Gasteiger partial charge in [-0.05, 0) is 65.0 Å². The fourth-order valence-electron chi connectivity index (χ4n) is 2.55. The molecule has 0 spiro atoms. The van der Waals surface area contributed by atoms with Crippen LogP contribution in [0.15, 0.2) is 41.0 Å². The molecule has 4 heteroatoms. The van der Waals surface area contributed by atoms with E-state index < -0.39 is 0 Å². The average molecular weight is 338 g/mol. The number of anilines is 1. The average Bonchev–Trinajstić information content (AvgIpc) is 2.43. The molecule has 0 saturated carbocycles. The van der Waals surface area contributed by atoms with Gasteiger partial charge < -0.3 is 5.32 Å². The van der Waals surface area contributed by atoms with E-state index in [0.717, 1.165) is 28.0 Å². The first-order valence-electron chi connectivity index (χ1n) is 6.39. The first-order chi connectivity index (χ1) is 9.24. The van der Waals surface area contributed by atoms with Crippen LogP contribution in [0, 0.1) is 0 Å². The lowest BCUT2D eigenvalue weighted by Gasteiger charge is -2.26. The largest absolute Gasteiger partial charge is 0.376 e. The highest BCUT2D eigenvalue weighted by atomic mass is 79.9. The van der Waals surface area contributed by atoms with Gasteiger partial charge in [-0.3, -0.25) is 4.98 Å². The van der Waals surface area contributed by atoms with Crippen molar-refractivity contribution in [3.8, 4) is 0 Å². The van der Waals surface area contributed by atoms with Crippen LogP contribution in [0.4, 0.5) is 5.69 Å². The number of pyridine rings is 1. The summed E-state index contributed by atoms with van der Waals surface area (Å²) in [6, 6.07) is 10.2. The number of hydrogen-bond acceptors (Lipinski definition) is 2. The van der Waals surface area contributed by atoms with Gasteiger partial charge in [0.15, 0.2) is 0 Å². The van der Waals surface area contributed by atoms with Gasteiger partial charge in [-0.1, -0.05) is 17.7 Å². The summed E-state index contributed by atoms with van der Waals surface area (Å²) in [6.07, 6.45) is 5.28. The van der Waals surface area contributed by atoms with Gasteiger partial charge >= 0.3 is 0 Å². The summed E-state index contributed by atoms with van der Waals surface area (Å²) in [5.41, 5.74) is 3.54. The molecule has 0 saturated heterocycles. The lowest BCUT2D eigenvalue weighted by Crippen LogP contribution is -2.19. The molecule has 19 heavy (non-hydrogen) atoms. The van der Waals surface area contributed by atoms with Crippen molar-refractivity contribution in [2.24, 2.45) is 0 Å². The molecule has 98 valence electrons. The van der Waals surface area contributed by atoms with E-state index in [0.29, 0.717) is 0 Å². The fraction of sp³-hybridized carbons (Fsp3) is 0.267. The van der Waals surface area contributed by atoms with Crippen LogP contribution in [-0.2, 0) is 6.42 Å². The zero-order chi connectivity index (χ0) is 13.2. The normalized spacial score (nSPS) is 17.9. The van der Waals surface area contributed by atoms with Crippen molar-refractivity contribution in [3.63, 3.8) is 0 Å². The molecule has 1 atom stereocenters. The summed E-state index contributed by atoms with van der Waals surface area (Å²) in [5.74, 6) is 0. The summed E-state index contributed by atoms with van der Waals surface area (Å²) in [5, 5.41) is 4.29. The number of fused-ring (bicyclic) bond motifs is 1. The summed E-state index contributed by atoms with van der Waals surface area (Å²) in [6.45, 7) is 0. The molecule has 0 amide bonds. The van der Waals surface area contributed by atoms with E-state index in [1.54, 1.807) is 0 Å². The maximum atomic E-state index is 6.06. The minimum absolute atomic E-state index is 0.264. The number of aromatic nitrogens is 1. The van der Waals surface area contributed by atoms with E-state index in [2.05, 4.69) is 32.3 Å². The maximum absolute atomic E-state index is 6.06. The Morgan fingerprint density at radius 3 is 3.11 bits per heavy atom. The molecule has 1 heterocycles. The number of rotatable bonds is 2. The third kappa shape index (κ3) is 2.77. The van der Waals surface area contributed by atoms with Gasteiger partial charge in [0.2, 0.25) is 0 Å². The molecule has 2 aromatic rings. The fourth-order valence-corrected chi connectivity index (χ4v) is 3.08. The molecule has 1 aromatic carbocycles. The van der Waals surface area contributed by atoms with Gasteiger partial charge in [-0.15, -0.1) is 0 Å². The molecule has 0 aliphatic heterocycles. The number of nitrogens with zero attached hydrogens (tertiary/aromatic N) is 1. The Morgan fingerprint density at radius 1 is 1.32 bits per heavy atom. The zero-order valence-electron chi connectivity index (χ0n) is 10.4. The van der Waals surface area contributed by atoms with Crippen LogP contribution in [0.2, 0.25) is 5.02 Å². The van der Waals surface area contributed by atoms with Crippen molar-refractivity contribution >= 4 is 33.2 Å². The number of halogens is 2. The first-order valence-corrected chi connectivity index (χ1v) is 7.56. The molecule has 0 fully saturated rings. The summed E-state index contributed by atoms with van der Waals surface area (Å²) >= 11 is 9.61. The van der Waals surface area contributed by atoms with Crippen LogP contribution in [0.25, 0.3) is 0 Å². The van der Waals surface area contributed by atoms with E-state index in [4.69, 9.17) is 11.6 Å². The van der Waals surface area contributed by atoms with Gasteiger partial charge in [0, 0.05) is 15.7 Å². The third-order valence-electron chi connectivity index (χ3n) is 3.45. The van der Waals surface area contributed by atoms with Crippen LogP contribution in [-0.4, -0.2) is 4.98 Å². The Hall–Kier alpha value is -1.06. The van der Waals surface area contributed by atoms with E-state index in [-0.39, 0.29) is 6.04 Å². The lowest BCUT2D eigenvalue weighted by atomic mass is 9.92. The zero-order valence-corrected chi connectivity index (χ0v) is 12.7. The summed E-state index contributed by atoms with van der Waals surface area (Å²) in [4.78, 5) is 4.54. The van der Waals surface area contributed by atoms with E-state index in [1.165, 1.54) is 17.7 Å². The van der Waals surface area contributed by atoms with Gasteiger partial charge in [-0.2, -0.15) is 0 Å². The van der Waals surface area contributed by atoms with Crippen molar-refractivity contribution < 1.29 is 0 Å². The van der Waals surface area contributed by atoms with Crippen LogP contribution in [0.5, 0.6) is 0 Å². The van der Waals surface area contributed by atoms with Crippen molar-refractivity contribution in [1.82, 2.24) is 4.98 Å². The highest BCUT2D eigenvalue weighted by molar-refractivity contribution is 9.10. The number of hydrogen-bond donors (Lipinski definition) is 1. The van der Waals surface area contributed by atoms with Gasteiger partial charge in [0.1, 0.15) is 0 Å². The molecule has 0 bridgehead atoms. The van der Waals surface area contributed by atoms with Crippen molar-refractivity contribution in [1.29, 1.82) is 0 Å². The number of aryl methyl sites for hydroxylation is 1. The Kier molecular flexibility index (Phi) is 3.76. The molecule has 1 aliphatic rings. The van der Waals surface area contributed by atoms with Crippen molar-refractivity contribution in [2.45, 2.75) is 25.3 Å². The third-order valence-corrected chi connectivity index (χ3v) is 4.38. The number of benzene rings is 1. The van der Waals surface area contributed by atoms with Crippen LogP contribution in [0.1, 0.15) is 30.1 Å². The Balaban J connectivity index is 1.90. The second-order valence-electron chi connectivity index (χ2n) is 4.76. The smallest absolute Gasteiger partial charge is 0.0688 e. The van der Waals surface area contributed by atoms with Crippen LogP contribution >= 0.6 is 27.5 Å². The summed E-state index contributed by atoms with van der Waals surface area (Å²) in [7, 11) is 0. The quantitative estimate of drug-likeness (QED) is 0.835. The van der Waals surface area contributed by atoms with Crippen LogP contribution in [0.3, 0.4) is 0 Å². The number of nitrogens with one attached hydrogen (secondary N) is 1. The maximum Gasteiger partial charge on any atom is 0.0688 e. The van der Waals surface area contributed by atoms with E-state index in [9.17, 15) is 0 Å². The predicted molar refractivity (Wildman–Crippen MR) is 82.7 cm³/mol. The molecule has 0 radical (unpaired) electrons. The summed E-state index contributed by atoms with van der Waals surface area (Å²) < 4.78 is 1.03. The van der Waals surface area contributed by atoms with Gasteiger partial charge in [-0.25, -0.2) is 0 Å².